The summed E-state index contributed by atoms with van der Waals surface area (Å²) in [4.78, 5) is 61.7. The maximum Gasteiger partial charge on any atom is 0.573 e. The molecular formula is C41H38ClF3N4O6S. The van der Waals surface area contributed by atoms with Crippen LogP contribution in [0.2, 0.25) is 5.02 Å². The molecule has 4 amide bonds. The number of ether oxygens (including phenoxy) is 1. The lowest BCUT2D eigenvalue weighted by Gasteiger charge is -2.49. The van der Waals surface area contributed by atoms with Crippen LogP contribution >= 0.6 is 22.9 Å². The molecule has 1 N–H and O–H groups in total. The summed E-state index contributed by atoms with van der Waals surface area (Å²) < 4.78 is 47.3. The van der Waals surface area contributed by atoms with Crippen LogP contribution in [0.1, 0.15) is 68.9 Å². The van der Waals surface area contributed by atoms with Gasteiger partial charge in [-0.1, -0.05) is 42.5 Å². The molecule has 56 heavy (non-hydrogen) atoms. The van der Waals surface area contributed by atoms with E-state index in [0.717, 1.165) is 62.9 Å². The van der Waals surface area contributed by atoms with Crippen molar-refractivity contribution in [1.82, 2.24) is 14.7 Å². The summed E-state index contributed by atoms with van der Waals surface area (Å²) in [5.74, 6) is -6.92. The third-order valence-electron chi connectivity index (χ3n) is 13.0. The first kappa shape index (κ1) is 36.9. The van der Waals surface area contributed by atoms with Crippen molar-refractivity contribution < 1.29 is 42.2 Å². The van der Waals surface area contributed by atoms with Crippen LogP contribution in [0.4, 0.5) is 19.0 Å². The predicted octanol–water partition coefficient (Wildman–Crippen LogP) is 8.43. The largest absolute Gasteiger partial charge is 0.573 e. The predicted molar refractivity (Wildman–Crippen MR) is 202 cm³/mol. The van der Waals surface area contributed by atoms with Gasteiger partial charge in [0.2, 0.25) is 23.6 Å². The lowest BCUT2D eigenvalue weighted by molar-refractivity contribution is -0.274. The van der Waals surface area contributed by atoms with Gasteiger partial charge in [-0.25, -0.2) is 4.90 Å². The number of nitrogens with zero attached hydrogens (tertiary/aromatic N) is 4. The van der Waals surface area contributed by atoms with E-state index in [4.69, 9.17) is 16.7 Å². The highest BCUT2D eigenvalue weighted by molar-refractivity contribution is 7.22. The zero-order chi connectivity index (χ0) is 39.6. The van der Waals surface area contributed by atoms with E-state index in [2.05, 4.69) is 4.74 Å². The van der Waals surface area contributed by atoms with Crippen LogP contribution < -0.4 is 9.64 Å². The molecule has 0 radical (unpaired) electrons. The van der Waals surface area contributed by atoms with Crippen molar-refractivity contribution >= 4 is 62.5 Å². The average Bonchev–Trinajstić information content (AvgIpc) is 3.82. The zero-order valence-electron chi connectivity index (χ0n) is 30.7. The van der Waals surface area contributed by atoms with Gasteiger partial charge in [0, 0.05) is 40.4 Å². The number of amides is 4. The molecule has 0 spiro atoms. The van der Waals surface area contributed by atoms with Gasteiger partial charge >= 0.3 is 6.36 Å². The first-order valence-corrected chi connectivity index (χ1v) is 20.0. The maximum absolute atomic E-state index is 15.1. The molecule has 4 aromatic rings. The number of halogens is 4. The molecular weight excluding hydrogens is 769 g/mol. The lowest BCUT2D eigenvalue weighted by Crippen LogP contribution is -2.49. The first-order chi connectivity index (χ1) is 26.6. The molecule has 10 nitrogen and oxygen atoms in total. The Labute approximate surface area is 328 Å². The Balaban J connectivity index is 1.16. The van der Waals surface area contributed by atoms with Crippen LogP contribution in [0.15, 0.2) is 54.1 Å². The molecule has 0 bridgehead atoms. The van der Waals surface area contributed by atoms with Crippen molar-refractivity contribution in [1.29, 1.82) is 0 Å². The molecule has 2 aromatic heterocycles. The van der Waals surface area contributed by atoms with Gasteiger partial charge in [0.05, 0.1) is 28.0 Å². The Bertz CT molecular complexity index is 2400. The summed E-state index contributed by atoms with van der Waals surface area (Å²) in [6.45, 7) is 3.55. The minimum atomic E-state index is -5.04. The Morgan fingerprint density at radius 3 is 2.46 bits per heavy atom. The number of alkyl halides is 3. The highest BCUT2D eigenvalue weighted by Gasteiger charge is 2.68. The van der Waals surface area contributed by atoms with E-state index in [9.17, 15) is 32.7 Å². The third kappa shape index (κ3) is 5.45. The number of imide groups is 2. The van der Waals surface area contributed by atoms with Crippen LogP contribution in [0.5, 0.6) is 11.5 Å². The summed E-state index contributed by atoms with van der Waals surface area (Å²) in [7, 11) is 1.63. The number of thiophene rings is 1. The van der Waals surface area contributed by atoms with E-state index in [-0.39, 0.29) is 42.1 Å². The molecule has 2 aromatic carbocycles. The fourth-order valence-electron chi connectivity index (χ4n) is 10.5. The molecule has 9 rings (SSSR count). The average molecular weight is 807 g/mol. The first-order valence-electron chi connectivity index (χ1n) is 18.9. The SMILES string of the molecule is Cc1c(-c2cc(N3C(=O)[C@@H]4C[C@@H]5C(=CC[C@@H]6C(=O)N(C7CCCCC7)C(=O)[C@@H]65)[C@H](c5cc(OC(F)(F)F)ccc5O)[C@]4(C)C3=O)n(C)n2)sc2ccc(Cl)cc12. The molecule has 15 heteroatoms. The van der Waals surface area contributed by atoms with Gasteiger partial charge in [0.15, 0.2) is 0 Å². The Kier molecular flexibility index (Phi) is 8.52. The van der Waals surface area contributed by atoms with Crippen LogP contribution in [-0.2, 0) is 26.2 Å². The van der Waals surface area contributed by atoms with Crippen LogP contribution in [-0.4, -0.2) is 55.8 Å². The van der Waals surface area contributed by atoms with Gasteiger partial charge < -0.3 is 9.84 Å². The molecule has 2 saturated heterocycles. The van der Waals surface area contributed by atoms with E-state index < -0.39 is 64.7 Å². The molecule has 4 heterocycles. The monoisotopic (exact) mass is 806 g/mol. The van der Waals surface area contributed by atoms with Crippen molar-refractivity contribution in [3.63, 3.8) is 0 Å². The summed E-state index contributed by atoms with van der Waals surface area (Å²) in [5.41, 5.74) is 0.342. The van der Waals surface area contributed by atoms with Gasteiger partial charge in [-0.2, -0.15) is 5.10 Å². The zero-order valence-corrected chi connectivity index (χ0v) is 32.3. The number of carbonyl (C=O) groups excluding carboxylic acids is 4. The quantitative estimate of drug-likeness (QED) is 0.159. The van der Waals surface area contributed by atoms with E-state index in [1.54, 1.807) is 26.1 Å². The number of carbonyl (C=O) groups is 4. The van der Waals surface area contributed by atoms with Crippen molar-refractivity contribution in [3.8, 4) is 22.1 Å². The number of phenols is 1. The molecule has 4 fully saturated rings. The number of likely N-dealkylation sites (tertiary alicyclic amines) is 1. The molecule has 0 unspecified atom stereocenters. The van der Waals surface area contributed by atoms with E-state index in [1.807, 2.05) is 25.1 Å². The van der Waals surface area contributed by atoms with Gasteiger partial charge in [-0.15, -0.1) is 24.5 Å². The summed E-state index contributed by atoms with van der Waals surface area (Å²) in [6, 6.07) is 10.2. The van der Waals surface area contributed by atoms with E-state index in [1.165, 1.54) is 20.9 Å². The fraction of sp³-hybridized carbons (Fsp3) is 0.439. The van der Waals surface area contributed by atoms with Gasteiger partial charge in [-0.3, -0.25) is 28.8 Å². The second-order valence-corrected chi connectivity index (χ2v) is 17.5. The highest BCUT2D eigenvalue weighted by atomic mass is 35.5. The lowest BCUT2D eigenvalue weighted by atomic mass is 9.51. The second-order valence-electron chi connectivity index (χ2n) is 16.0. The van der Waals surface area contributed by atoms with Crippen molar-refractivity contribution in [2.45, 2.75) is 77.1 Å². The fourth-order valence-corrected chi connectivity index (χ4v) is 11.8. The van der Waals surface area contributed by atoms with Crippen LogP contribution in [0.25, 0.3) is 20.7 Å². The number of rotatable bonds is 5. The van der Waals surface area contributed by atoms with Gasteiger partial charge in [-0.05, 0) is 92.8 Å². The molecule has 2 aliphatic heterocycles. The Morgan fingerprint density at radius 2 is 1.73 bits per heavy atom. The second kappa shape index (κ2) is 12.9. The van der Waals surface area contributed by atoms with Crippen molar-refractivity contribution in [2.24, 2.45) is 36.1 Å². The standard InChI is InChI=1S/C41H38ClF3N4O6S/c1-19-25-15-20(42)9-14-31(25)56-35(19)29-18-32(47(3)46-29)49-37(52)28-17-26-23(11-12-24-33(26)38(53)48(36(24)51)21-7-5-4-6-8-21)34(40(28,2)39(49)54)27-16-22(10-13-30(27)50)55-41(43,44)45/h9-11,13-16,18,21,24,26,28,33-34,50H,4-8,12,17H2,1-3H3/t24-,26+,28-,33-,34+,40+/m0/s1. The number of benzene rings is 2. The van der Waals surface area contributed by atoms with Crippen molar-refractivity contribution in [2.75, 3.05) is 4.90 Å². The van der Waals surface area contributed by atoms with Crippen LogP contribution in [0.3, 0.4) is 0 Å². The number of fused-ring (bicyclic) bond motifs is 5. The molecule has 6 atom stereocenters. The van der Waals surface area contributed by atoms with Gasteiger partial charge in [0.1, 0.15) is 23.0 Å². The third-order valence-corrected chi connectivity index (χ3v) is 14.5. The van der Waals surface area contributed by atoms with E-state index >= 15 is 4.79 Å². The molecule has 5 aliphatic rings. The number of phenolic OH excluding ortho intramolecular Hbond substituents is 1. The Hall–Kier alpha value is -4.69. The Morgan fingerprint density at radius 1 is 0.982 bits per heavy atom. The number of aryl methyl sites for hydroxylation is 2. The van der Waals surface area contributed by atoms with Gasteiger partial charge in [0.25, 0.3) is 0 Å². The molecule has 3 aliphatic carbocycles. The summed E-state index contributed by atoms with van der Waals surface area (Å²) in [6.07, 6.45) is 1.27. The molecule has 2 saturated carbocycles. The number of aromatic hydroxyl groups is 1. The van der Waals surface area contributed by atoms with Crippen molar-refractivity contribution in [3.05, 3.63) is 70.3 Å². The van der Waals surface area contributed by atoms with E-state index in [0.29, 0.717) is 29.1 Å². The highest BCUT2D eigenvalue weighted by Crippen LogP contribution is 2.65. The number of allylic oxidation sites excluding steroid dienone is 2. The normalized spacial score (nSPS) is 28.2. The number of hydrogen-bond donors (Lipinski definition) is 1. The molecule has 292 valence electrons. The minimum Gasteiger partial charge on any atom is -0.508 e. The number of aromatic nitrogens is 2. The number of hydrogen-bond acceptors (Lipinski definition) is 8. The smallest absolute Gasteiger partial charge is 0.508 e. The topological polar surface area (TPSA) is 122 Å². The summed E-state index contributed by atoms with van der Waals surface area (Å²) >= 11 is 7.79. The summed E-state index contributed by atoms with van der Waals surface area (Å²) in [5, 5.41) is 17.6. The minimum absolute atomic E-state index is 0.0391. The van der Waals surface area contributed by atoms with Crippen LogP contribution in [0, 0.1) is 36.0 Å². The number of anilines is 1. The maximum atomic E-state index is 15.1.